The smallest absolute Gasteiger partial charge is 0.257 e. The van der Waals surface area contributed by atoms with Crippen LogP contribution in [0, 0.1) is 0 Å². The van der Waals surface area contributed by atoms with Crippen LogP contribution in [0.1, 0.15) is 29.2 Å². The fourth-order valence-corrected chi connectivity index (χ4v) is 3.02. The molecule has 10 heteroatoms. The molecule has 5 rings (SSSR count). The minimum absolute atomic E-state index is 0.259. The number of rotatable bonds is 5. The van der Waals surface area contributed by atoms with E-state index < -0.39 is 0 Å². The van der Waals surface area contributed by atoms with Gasteiger partial charge in [0.15, 0.2) is 5.82 Å². The molecule has 0 unspecified atom stereocenters. The third-order valence-corrected chi connectivity index (χ3v) is 4.51. The quantitative estimate of drug-likeness (QED) is 0.568. The first kappa shape index (κ1) is 16.2. The van der Waals surface area contributed by atoms with E-state index in [0.29, 0.717) is 28.8 Å². The average Bonchev–Trinajstić information content (AvgIpc) is 3.21. The highest BCUT2D eigenvalue weighted by atomic mass is 16.1. The van der Waals surface area contributed by atoms with E-state index in [1.165, 1.54) is 11.0 Å². The molecule has 0 spiro atoms. The Labute approximate surface area is 159 Å². The van der Waals surface area contributed by atoms with Crippen LogP contribution < -0.4 is 5.32 Å². The number of carbonyl (C=O) groups excluding carboxylic acids is 1. The van der Waals surface area contributed by atoms with Gasteiger partial charge < -0.3 is 5.32 Å². The predicted octanol–water partition coefficient (Wildman–Crippen LogP) is 1.90. The number of hydrogen-bond donors (Lipinski definition) is 1. The molecule has 1 N–H and O–H groups in total. The molecule has 2 aromatic heterocycles. The summed E-state index contributed by atoms with van der Waals surface area (Å²) in [4.78, 5) is 12.9. The van der Waals surface area contributed by atoms with Crippen molar-refractivity contribution in [1.29, 1.82) is 0 Å². The summed E-state index contributed by atoms with van der Waals surface area (Å²) in [6.45, 7) is 0. The second-order valence-corrected chi connectivity index (χ2v) is 6.48. The third-order valence-electron chi connectivity index (χ3n) is 4.51. The summed E-state index contributed by atoms with van der Waals surface area (Å²) in [5.41, 5.74) is 2.56. The summed E-state index contributed by atoms with van der Waals surface area (Å²) in [5.74, 6) is 0.442. The fourth-order valence-electron chi connectivity index (χ4n) is 3.02. The number of amides is 1. The second-order valence-electron chi connectivity index (χ2n) is 6.48. The summed E-state index contributed by atoms with van der Waals surface area (Å²) < 4.78 is 3.29. The molecule has 2 heterocycles. The zero-order chi connectivity index (χ0) is 18.9. The molecule has 0 radical (unpaired) electrons. The Hall–Kier alpha value is -3.95. The molecule has 0 atom stereocenters. The lowest BCUT2D eigenvalue weighted by molar-refractivity contribution is 0.102. The van der Waals surface area contributed by atoms with Gasteiger partial charge in [0.05, 0.1) is 17.3 Å². The molecular formula is C18H15N9O. The summed E-state index contributed by atoms with van der Waals surface area (Å²) >= 11 is 0. The van der Waals surface area contributed by atoms with E-state index in [1.807, 2.05) is 35.0 Å². The van der Waals surface area contributed by atoms with Gasteiger partial charge in [-0.3, -0.25) is 4.79 Å². The molecule has 2 aromatic carbocycles. The Bertz CT molecular complexity index is 1130. The number of aromatic nitrogens is 8. The van der Waals surface area contributed by atoms with Crippen molar-refractivity contribution in [3.8, 4) is 17.1 Å². The van der Waals surface area contributed by atoms with E-state index >= 15 is 0 Å². The van der Waals surface area contributed by atoms with E-state index in [0.717, 1.165) is 18.4 Å². The number of anilines is 1. The van der Waals surface area contributed by atoms with E-state index in [1.54, 1.807) is 18.2 Å². The molecule has 1 aliphatic rings. The molecule has 1 amide bonds. The number of hydrogen-bond acceptors (Lipinski definition) is 7. The SMILES string of the molecule is O=C(Nc1cccc(-c2nnnn2C2CC2)c1)c1ccccc1-n1cnnn1. The van der Waals surface area contributed by atoms with Crippen molar-refractivity contribution < 1.29 is 4.79 Å². The van der Waals surface area contributed by atoms with Gasteiger partial charge in [0.2, 0.25) is 0 Å². The van der Waals surface area contributed by atoms with E-state index in [4.69, 9.17) is 0 Å². The van der Waals surface area contributed by atoms with Gasteiger partial charge in [0.1, 0.15) is 6.33 Å². The van der Waals surface area contributed by atoms with E-state index in [9.17, 15) is 4.79 Å². The number of nitrogens with one attached hydrogen (secondary N) is 1. The lowest BCUT2D eigenvalue weighted by atomic mass is 10.1. The van der Waals surface area contributed by atoms with Gasteiger partial charge in [-0.15, -0.1) is 10.2 Å². The third kappa shape index (κ3) is 3.00. The zero-order valence-electron chi connectivity index (χ0n) is 14.7. The number of para-hydroxylation sites is 1. The highest BCUT2D eigenvalue weighted by Crippen LogP contribution is 2.36. The van der Waals surface area contributed by atoms with Gasteiger partial charge in [-0.2, -0.15) is 4.68 Å². The van der Waals surface area contributed by atoms with Gasteiger partial charge in [-0.25, -0.2) is 4.68 Å². The van der Waals surface area contributed by atoms with Gasteiger partial charge in [-0.1, -0.05) is 24.3 Å². The summed E-state index contributed by atoms with van der Waals surface area (Å²) in [5, 5.41) is 26.1. The standard InChI is InChI=1S/C18H15N9O/c28-18(15-6-1-2-7-16(15)26-11-19-22-24-26)20-13-5-3-4-12(10-13)17-21-23-25-27(17)14-8-9-14/h1-7,10-11,14H,8-9H2,(H,20,28). The molecule has 1 aliphatic carbocycles. The number of tetrazole rings is 2. The Kier molecular flexibility index (Phi) is 3.86. The van der Waals surface area contributed by atoms with Crippen LogP contribution in [0.3, 0.4) is 0 Å². The first-order valence-electron chi connectivity index (χ1n) is 8.81. The minimum Gasteiger partial charge on any atom is -0.322 e. The van der Waals surface area contributed by atoms with E-state index in [2.05, 4.69) is 36.4 Å². The number of nitrogens with zero attached hydrogens (tertiary/aromatic N) is 8. The summed E-state index contributed by atoms with van der Waals surface area (Å²) in [6, 6.07) is 15.0. The molecule has 28 heavy (non-hydrogen) atoms. The molecule has 0 aliphatic heterocycles. The Morgan fingerprint density at radius 2 is 1.93 bits per heavy atom. The van der Waals surface area contributed by atoms with Crippen molar-refractivity contribution >= 4 is 11.6 Å². The molecule has 4 aromatic rings. The number of carbonyl (C=O) groups is 1. The lowest BCUT2D eigenvalue weighted by Gasteiger charge is -2.10. The zero-order valence-corrected chi connectivity index (χ0v) is 14.7. The van der Waals surface area contributed by atoms with Crippen molar-refractivity contribution in [2.24, 2.45) is 0 Å². The summed E-state index contributed by atoms with van der Waals surface area (Å²) in [6.07, 6.45) is 3.62. The maximum absolute atomic E-state index is 12.9. The van der Waals surface area contributed by atoms with Crippen molar-refractivity contribution in [2.75, 3.05) is 5.32 Å². The van der Waals surface area contributed by atoms with Crippen LogP contribution >= 0.6 is 0 Å². The van der Waals surface area contributed by atoms with Crippen LogP contribution in [0.5, 0.6) is 0 Å². The normalized spacial score (nSPS) is 13.4. The molecule has 138 valence electrons. The maximum atomic E-state index is 12.9. The Morgan fingerprint density at radius 1 is 1.04 bits per heavy atom. The monoisotopic (exact) mass is 373 g/mol. The van der Waals surface area contributed by atoms with Crippen molar-refractivity contribution in [2.45, 2.75) is 18.9 Å². The van der Waals surface area contributed by atoms with Crippen LogP contribution in [-0.4, -0.2) is 46.3 Å². The average molecular weight is 373 g/mol. The first-order chi connectivity index (χ1) is 13.8. The second kappa shape index (κ2) is 6.65. The van der Waals surface area contributed by atoms with Gasteiger partial charge in [0, 0.05) is 11.3 Å². The largest absolute Gasteiger partial charge is 0.322 e. The fraction of sp³-hybridized carbons (Fsp3) is 0.167. The van der Waals surface area contributed by atoms with Crippen molar-refractivity contribution in [1.82, 2.24) is 40.4 Å². The molecule has 0 saturated heterocycles. The molecule has 1 fully saturated rings. The topological polar surface area (TPSA) is 116 Å². The Balaban J connectivity index is 1.43. The predicted molar refractivity (Wildman–Crippen MR) is 98.6 cm³/mol. The van der Waals surface area contributed by atoms with Crippen LogP contribution in [0.2, 0.25) is 0 Å². The van der Waals surface area contributed by atoms with Crippen LogP contribution in [-0.2, 0) is 0 Å². The highest BCUT2D eigenvalue weighted by Gasteiger charge is 2.28. The van der Waals surface area contributed by atoms with Crippen LogP contribution in [0.25, 0.3) is 17.1 Å². The Morgan fingerprint density at radius 3 is 2.75 bits per heavy atom. The molecular weight excluding hydrogens is 358 g/mol. The van der Waals surface area contributed by atoms with Crippen molar-refractivity contribution in [3.63, 3.8) is 0 Å². The van der Waals surface area contributed by atoms with Gasteiger partial charge in [-0.05, 0) is 58.0 Å². The molecule has 10 nitrogen and oxygen atoms in total. The van der Waals surface area contributed by atoms with Crippen LogP contribution in [0.4, 0.5) is 5.69 Å². The summed E-state index contributed by atoms with van der Waals surface area (Å²) in [7, 11) is 0. The molecule has 1 saturated carbocycles. The van der Waals surface area contributed by atoms with Crippen LogP contribution in [0.15, 0.2) is 54.9 Å². The number of benzene rings is 2. The van der Waals surface area contributed by atoms with Gasteiger partial charge >= 0.3 is 0 Å². The minimum atomic E-state index is -0.259. The maximum Gasteiger partial charge on any atom is 0.257 e. The first-order valence-corrected chi connectivity index (χ1v) is 8.81. The van der Waals surface area contributed by atoms with Crippen molar-refractivity contribution in [3.05, 3.63) is 60.4 Å². The van der Waals surface area contributed by atoms with Gasteiger partial charge in [0.25, 0.3) is 5.91 Å². The lowest BCUT2D eigenvalue weighted by Crippen LogP contribution is -2.15. The highest BCUT2D eigenvalue weighted by molar-refractivity contribution is 6.06. The molecule has 0 bridgehead atoms. The van der Waals surface area contributed by atoms with E-state index in [-0.39, 0.29) is 5.91 Å².